The summed E-state index contributed by atoms with van der Waals surface area (Å²) in [6.45, 7) is 3.27. The number of carbonyl (C=O) groups is 1. The standard InChI is InChI=1S/C13H20O7/c1-6-8(14)4-5-9(18-6)20-12-10(15)7(2)19-13(17-3)11(12)16/h4-7,9-13,15-16H,1-3H3/t6-,7-,9-,10-,11+,12-,13-/m0/s1. The van der Waals surface area contributed by atoms with Gasteiger partial charge in [-0.2, -0.15) is 0 Å². The molecule has 0 radical (unpaired) electrons. The van der Waals surface area contributed by atoms with Crippen molar-refractivity contribution in [1.82, 2.24) is 0 Å². The maximum Gasteiger partial charge on any atom is 0.186 e. The summed E-state index contributed by atoms with van der Waals surface area (Å²) in [6, 6.07) is 0. The molecule has 0 bridgehead atoms. The predicted molar refractivity (Wildman–Crippen MR) is 66.7 cm³/mol. The van der Waals surface area contributed by atoms with Crippen LogP contribution in [0.25, 0.3) is 0 Å². The fourth-order valence-corrected chi connectivity index (χ4v) is 2.21. The molecule has 0 unspecified atom stereocenters. The number of carbonyl (C=O) groups excluding carboxylic acids is 1. The summed E-state index contributed by atoms with van der Waals surface area (Å²) in [5, 5.41) is 20.1. The van der Waals surface area contributed by atoms with Crippen molar-refractivity contribution < 1.29 is 34.0 Å². The second-order valence-corrected chi connectivity index (χ2v) is 4.94. The molecule has 0 aromatic rings. The molecule has 1 fully saturated rings. The molecule has 0 aromatic carbocycles. The van der Waals surface area contributed by atoms with Crippen LogP contribution in [0.3, 0.4) is 0 Å². The summed E-state index contributed by atoms with van der Waals surface area (Å²) < 4.78 is 21.2. The van der Waals surface area contributed by atoms with E-state index in [2.05, 4.69) is 0 Å². The van der Waals surface area contributed by atoms with E-state index in [1.54, 1.807) is 13.8 Å². The van der Waals surface area contributed by atoms with E-state index in [0.29, 0.717) is 0 Å². The first-order valence-electron chi connectivity index (χ1n) is 6.51. The van der Waals surface area contributed by atoms with Gasteiger partial charge in [-0.05, 0) is 26.0 Å². The van der Waals surface area contributed by atoms with Crippen LogP contribution in [0.2, 0.25) is 0 Å². The third-order valence-corrected chi connectivity index (χ3v) is 3.46. The van der Waals surface area contributed by atoms with Crippen molar-refractivity contribution in [2.24, 2.45) is 0 Å². The minimum absolute atomic E-state index is 0.152. The molecule has 1 saturated heterocycles. The number of aliphatic hydroxyl groups excluding tert-OH is 2. The lowest BCUT2D eigenvalue weighted by Gasteiger charge is -2.41. The van der Waals surface area contributed by atoms with Gasteiger partial charge in [-0.25, -0.2) is 0 Å². The second kappa shape index (κ2) is 6.30. The minimum Gasteiger partial charge on any atom is -0.388 e. The zero-order valence-electron chi connectivity index (χ0n) is 11.6. The molecule has 0 spiro atoms. The molecule has 7 heteroatoms. The SMILES string of the molecule is CO[C@H]1O[C@@H](C)[C@H](O)[C@H](O[C@H]2C=CC(=O)[C@H](C)O2)[C@H]1O. The number of rotatable bonds is 3. The lowest BCUT2D eigenvalue weighted by atomic mass is 9.99. The molecule has 0 aliphatic carbocycles. The van der Waals surface area contributed by atoms with Gasteiger partial charge in [0.25, 0.3) is 0 Å². The van der Waals surface area contributed by atoms with E-state index in [9.17, 15) is 15.0 Å². The fourth-order valence-electron chi connectivity index (χ4n) is 2.21. The van der Waals surface area contributed by atoms with Gasteiger partial charge < -0.3 is 29.2 Å². The lowest BCUT2D eigenvalue weighted by Crippen LogP contribution is -2.59. The molecule has 0 amide bonds. The van der Waals surface area contributed by atoms with Gasteiger partial charge in [-0.3, -0.25) is 4.79 Å². The van der Waals surface area contributed by atoms with Crippen LogP contribution in [0.5, 0.6) is 0 Å². The Hall–Kier alpha value is -0.830. The third-order valence-electron chi connectivity index (χ3n) is 3.46. The summed E-state index contributed by atoms with van der Waals surface area (Å²) in [6.07, 6.45) is -3.16. The highest BCUT2D eigenvalue weighted by Crippen LogP contribution is 2.26. The van der Waals surface area contributed by atoms with E-state index in [4.69, 9.17) is 18.9 Å². The zero-order chi connectivity index (χ0) is 14.9. The van der Waals surface area contributed by atoms with Crippen molar-refractivity contribution in [1.29, 1.82) is 0 Å². The molecule has 7 nitrogen and oxygen atoms in total. The molecule has 114 valence electrons. The van der Waals surface area contributed by atoms with Gasteiger partial charge in [0.15, 0.2) is 18.4 Å². The van der Waals surface area contributed by atoms with E-state index in [1.807, 2.05) is 0 Å². The molecule has 20 heavy (non-hydrogen) atoms. The number of hydrogen-bond donors (Lipinski definition) is 2. The highest BCUT2D eigenvalue weighted by atomic mass is 16.7. The lowest BCUT2D eigenvalue weighted by molar-refractivity contribution is -0.313. The fraction of sp³-hybridized carbons (Fsp3) is 0.769. The Morgan fingerprint density at radius 1 is 1.20 bits per heavy atom. The van der Waals surface area contributed by atoms with Crippen molar-refractivity contribution in [3.05, 3.63) is 12.2 Å². The molecule has 0 saturated carbocycles. The van der Waals surface area contributed by atoms with Gasteiger partial charge in [-0.15, -0.1) is 0 Å². The average molecular weight is 288 g/mol. The summed E-state index contributed by atoms with van der Waals surface area (Å²) in [5.74, 6) is -0.152. The maximum absolute atomic E-state index is 11.3. The molecule has 0 aromatic heterocycles. The summed E-state index contributed by atoms with van der Waals surface area (Å²) in [7, 11) is 1.40. The van der Waals surface area contributed by atoms with Crippen molar-refractivity contribution in [2.45, 2.75) is 56.9 Å². The Labute approximate surface area is 117 Å². The van der Waals surface area contributed by atoms with Crippen LogP contribution >= 0.6 is 0 Å². The molecule has 7 atom stereocenters. The van der Waals surface area contributed by atoms with Crippen LogP contribution in [-0.4, -0.2) is 66.2 Å². The van der Waals surface area contributed by atoms with E-state index in [0.717, 1.165) is 0 Å². The number of hydrogen-bond acceptors (Lipinski definition) is 7. The van der Waals surface area contributed by atoms with Crippen molar-refractivity contribution in [3.63, 3.8) is 0 Å². The molecule has 2 aliphatic heterocycles. The van der Waals surface area contributed by atoms with Crippen LogP contribution in [0.15, 0.2) is 12.2 Å². The smallest absolute Gasteiger partial charge is 0.186 e. The molecule has 2 heterocycles. The monoisotopic (exact) mass is 288 g/mol. The van der Waals surface area contributed by atoms with Crippen molar-refractivity contribution in [3.8, 4) is 0 Å². The van der Waals surface area contributed by atoms with Crippen LogP contribution in [0, 0.1) is 0 Å². The number of methoxy groups -OCH3 is 1. The van der Waals surface area contributed by atoms with Gasteiger partial charge in [0, 0.05) is 7.11 Å². The highest BCUT2D eigenvalue weighted by molar-refractivity contribution is 5.93. The van der Waals surface area contributed by atoms with Crippen LogP contribution in [-0.2, 0) is 23.7 Å². The molecule has 2 aliphatic rings. The Bertz CT molecular complexity index is 383. The van der Waals surface area contributed by atoms with Gasteiger partial charge >= 0.3 is 0 Å². The van der Waals surface area contributed by atoms with Crippen molar-refractivity contribution >= 4 is 5.78 Å². The van der Waals surface area contributed by atoms with E-state index < -0.39 is 43.1 Å². The normalized spacial score (nSPS) is 45.6. The first-order valence-corrected chi connectivity index (χ1v) is 6.51. The number of aliphatic hydroxyl groups is 2. The largest absolute Gasteiger partial charge is 0.388 e. The van der Waals surface area contributed by atoms with E-state index in [1.165, 1.54) is 19.3 Å². The Morgan fingerprint density at radius 2 is 1.90 bits per heavy atom. The molecule has 2 rings (SSSR count). The van der Waals surface area contributed by atoms with Gasteiger partial charge in [-0.1, -0.05) is 0 Å². The Morgan fingerprint density at radius 3 is 2.50 bits per heavy atom. The van der Waals surface area contributed by atoms with Gasteiger partial charge in [0.2, 0.25) is 0 Å². The molecular formula is C13H20O7. The second-order valence-electron chi connectivity index (χ2n) is 4.94. The maximum atomic E-state index is 11.3. The number of ketones is 1. The summed E-state index contributed by atoms with van der Waals surface area (Å²) in [4.78, 5) is 11.3. The Balaban J connectivity index is 2.06. The quantitative estimate of drug-likeness (QED) is 0.713. The minimum atomic E-state index is -1.16. The average Bonchev–Trinajstić information content (AvgIpc) is 2.42. The molecule has 2 N–H and O–H groups in total. The van der Waals surface area contributed by atoms with Gasteiger partial charge in [0.05, 0.1) is 6.10 Å². The van der Waals surface area contributed by atoms with E-state index >= 15 is 0 Å². The highest BCUT2D eigenvalue weighted by Gasteiger charge is 2.45. The topological polar surface area (TPSA) is 94.5 Å². The first kappa shape index (κ1) is 15.6. The molecular weight excluding hydrogens is 268 g/mol. The zero-order valence-corrected chi connectivity index (χ0v) is 11.6. The number of ether oxygens (including phenoxy) is 4. The summed E-state index contributed by atoms with van der Waals surface area (Å²) >= 11 is 0. The van der Waals surface area contributed by atoms with E-state index in [-0.39, 0.29) is 5.78 Å². The van der Waals surface area contributed by atoms with Crippen LogP contribution < -0.4 is 0 Å². The van der Waals surface area contributed by atoms with Crippen molar-refractivity contribution in [2.75, 3.05) is 7.11 Å². The summed E-state index contributed by atoms with van der Waals surface area (Å²) in [5.41, 5.74) is 0. The van der Waals surface area contributed by atoms with Crippen LogP contribution in [0.1, 0.15) is 13.8 Å². The van der Waals surface area contributed by atoms with Gasteiger partial charge in [0.1, 0.15) is 24.4 Å². The third kappa shape index (κ3) is 3.08. The Kier molecular flexibility index (Phi) is 4.90. The van der Waals surface area contributed by atoms with Crippen LogP contribution in [0.4, 0.5) is 0 Å². The first-order chi connectivity index (χ1) is 9.43. The predicted octanol–water partition coefficient (Wildman–Crippen LogP) is -0.645.